The Morgan fingerprint density at radius 3 is 2.15 bits per heavy atom. The van der Waals surface area contributed by atoms with Gasteiger partial charge in [0.25, 0.3) is 11.1 Å². The van der Waals surface area contributed by atoms with Crippen molar-refractivity contribution in [2.75, 3.05) is 7.11 Å². The van der Waals surface area contributed by atoms with Crippen LogP contribution in [-0.2, 0) is 15.6 Å². The molecule has 1 saturated heterocycles. The van der Waals surface area contributed by atoms with Gasteiger partial charge < -0.3 is 4.74 Å². The minimum absolute atomic E-state index is 0.00426. The summed E-state index contributed by atoms with van der Waals surface area (Å²) in [4.78, 5) is 23.4. The SMILES string of the molecule is COc1c(F)cc(/C=C2\SC(=O)NC2=O)c(F)c1-c1cc2c(cc1C)C(C)(C)C=CC2(C)C. The predicted octanol–water partition coefficient (Wildman–Crippen LogP) is 6.40. The number of methoxy groups -OCH3 is 1. The molecule has 2 aromatic carbocycles. The van der Waals surface area contributed by atoms with E-state index < -0.39 is 22.8 Å². The number of hydrogen-bond donors (Lipinski definition) is 1. The van der Waals surface area contributed by atoms with Gasteiger partial charge in [-0.05, 0) is 59.1 Å². The summed E-state index contributed by atoms with van der Waals surface area (Å²) in [5, 5.41) is 1.57. The fourth-order valence-electron chi connectivity index (χ4n) is 4.38. The summed E-state index contributed by atoms with van der Waals surface area (Å²) in [6, 6.07) is 4.91. The van der Waals surface area contributed by atoms with Gasteiger partial charge in [0, 0.05) is 16.4 Å². The first-order chi connectivity index (χ1) is 15.4. The van der Waals surface area contributed by atoms with Crippen molar-refractivity contribution in [2.24, 2.45) is 0 Å². The number of allylic oxidation sites excluding steroid dienone is 2. The Bertz CT molecular complexity index is 1280. The molecule has 2 amide bonds. The Hall–Kier alpha value is -2.93. The van der Waals surface area contributed by atoms with E-state index in [0.29, 0.717) is 17.3 Å². The molecule has 4 nitrogen and oxygen atoms in total. The van der Waals surface area contributed by atoms with Crippen LogP contribution in [-0.4, -0.2) is 18.3 Å². The molecule has 1 N–H and O–H groups in total. The van der Waals surface area contributed by atoms with Gasteiger partial charge in [-0.25, -0.2) is 8.78 Å². The van der Waals surface area contributed by atoms with Gasteiger partial charge in [0.15, 0.2) is 11.6 Å². The van der Waals surface area contributed by atoms with Gasteiger partial charge >= 0.3 is 0 Å². The summed E-state index contributed by atoms with van der Waals surface area (Å²) < 4.78 is 36.2. The number of rotatable bonds is 3. The van der Waals surface area contributed by atoms with E-state index in [9.17, 15) is 9.59 Å². The highest BCUT2D eigenvalue weighted by molar-refractivity contribution is 8.18. The number of thioether (sulfide) groups is 1. The van der Waals surface area contributed by atoms with Gasteiger partial charge in [0.05, 0.1) is 17.6 Å². The van der Waals surface area contributed by atoms with Gasteiger partial charge in [-0.2, -0.15) is 0 Å². The lowest BCUT2D eigenvalue weighted by Gasteiger charge is -2.37. The average molecular weight is 470 g/mol. The van der Waals surface area contributed by atoms with Crippen LogP contribution in [0.2, 0.25) is 0 Å². The molecule has 4 rings (SSSR count). The molecule has 172 valence electrons. The zero-order valence-electron chi connectivity index (χ0n) is 19.4. The zero-order chi connectivity index (χ0) is 24.3. The maximum atomic E-state index is 15.9. The van der Waals surface area contributed by atoms with Crippen LogP contribution in [0.5, 0.6) is 5.75 Å². The van der Waals surface area contributed by atoms with Crippen LogP contribution in [0.4, 0.5) is 13.6 Å². The maximum Gasteiger partial charge on any atom is 0.290 e. The van der Waals surface area contributed by atoms with E-state index in [1.54, 1.807) is 0 Å². The highest BCUT2D eigenvalue weighted by Gasteiger charge is 2.34. The number of amides is 2. The molecule has 2 aliphatic rings. The predicted molar refractivity (Wildman–Crippen MR) is 127 cm³/mol. The Morgan fingerprint density at radius 2 is 1.61 bits per heavy atom. The van der Waals surface area contributed by atoms with Crippen molar-refractivity contribution in [3.63, 3.8) is 0 Å². The number of fused-ring (bicyclic) bond motifs is 1. The van der Waals surface area contributed by atoms with Crippen LogP contribution >= 0.6 is 11.8 Å². The number of carbonyl (C=O) groups is 2. The van der Waals surface area contributed by atoms with Crippen LogP contribution < -0.4 is 10.1 Å². The molecular formula is C26H25F2NO3S. The number of hydrogen-bond acceptors (Lipinski definition) is 4. The summed E-state index contributed by atoms with van der Waals surface area (Å²) in [6.45, 7) is 10.3. The molecule has 0 atom stereocenters. The van der Waals surface area contributed by atoms with E-state index in [1.807, 2.05) is 19.1 Å². The zero-order valence-corrected chi connectivity index (χ0v) is 20.2. The number of aryl methyl sites for hydroxylation is 1. The first-order valence-corrected chi connectivity index (χ1v) is 11.3. The molecule has 0 saturated carbocycles. The lowest BCUT2D eigenvalue weighted by atomic mass is 9.67. The molecule has 1 fully saturated rings. The third-order valence-electron chi connectivity index (χ3n) is 6.27. The maximum absolute atomic E-state index is 15.9. The first kappa shape index (κ1) is 23.2. The minimum atomic E-state index is -0.757. The molecule has 7 heteroatoms. The molecule has 0 radical (unpaired) electrons. The average Bonchev–Trinajstić information content (AvgIpc) is 3.04. The third-order valence-corrected chi connectivity index (χ3v) is 7.08. The number of nitrogens with one attached hydrogen (secondary N) is 1. The second-order valence-electron chi connectivity index (χ2n) is 9.51. The summed E-state index contributed by atoms with van der Waals surface area (Å²) >= 11 is 0.649. The first-order valence-electron chi connectivity index (χ1n) is 10.5. The molecule has 0 unspecified atom stereocenters. The van der Waals surface area contributed by atoms with Crippen molar-refractivity contribution in [2.45, 2.75) is 45.4 Å². The summed E-state index contributed by atoms with van der Waals surface area (Å²) in [7, 11) is 1.29. The fraction of sp³-hybridized carbons (Fsp3) is 0.308. The molecule has 1 aliphatic heterocycles. The van der Waals surface area contributed by atoms with E-state index in [0.717, 1.165) is 22.8 Å². The second kappa shape index (κ2) is 7.83. The summed E-state index contributed by atoms with van der Waals surface area (Å²) in [5.74, 6) is -2.32. The van der Waals surface area contributed by atoms with Gasteiger partial charge in [-0.1, -0.05) is 45.9 Å². The van der Waals surface area contributed by atoms with Crippen LogP contribution in [0.25, 0.3) is 17.2 Å². The number of benzene rings is 2. The number of imide groups is 1. The van der Waals surface area contributed by atoms with Gasteiger partial charge in [0.2, 0.25) is 0 Å². The second-order valence-corrected chi connectivity index (χ2v) is 10.5. The Kier molecular flexibility index (Phi) is 5.52. The summed E-state index contributed by atoms with van der Waals surface area (Å²) in [6.07, 6.45) is 5.50. The Balaban J connectivity index is 1.99. The molecule has 0 spiro atoms. The van der Waals surface area contributed by atoms with E-state index in [2.05, 4.69) is 45.2 Å². The lowest BCUT2D eigenvalue weighted by molar-refractivity contribution is -0.115. The smallest absolute Gasteiger partial charge is 0.290 e. The van der Waals surface area contributed by atoms with Gasteiger partial charge in [-0.15, -0.1) is 0 Å². The van der Waals surface area contributed by atoms with Gasteiger partial charge in [-0.3, -0.25) is 14.9 Å². The fourth-order valence-corrected chi connectivity index (χ4v) is 5.05. The van der Waals surface area contributed by atoms with Crippen LogP contribution in [0, 0.1) is 18.6 Å². The number of carbonyl (C=O) groups excluding carboxylic acids is 2. The van der Waals surface area contributed by atoms with Crippen molar-refractivity contribution < 1.29 is 23.1 Å². The molecule has 2 aromatic rings. The molecule has 0 aromatic heterocycles. The third kappa shape index (κ3) is 3.88. The minimum Gasteiger partial charge on any atom is -0.493 e. The Morgan fingerprint density at radius 1 is 1.00 bits per heavy atom. The molecule has 1 aliphatic carbocycles. The number of ether oxygens (including phenoxy) is 1. The largest absolute Gasteiger partial charge is 0.493 e. The van der Waals surface area contributed by atoms with Crippen molar-refractivity contribution in [3.8, 4) is 16.9 Å². The summed E-state index contributed by atoms with van der Waals surface area (Å²) in [5.41, 5.74) is 2.81. The van der Waals surface area contributed by atoms with E-state index in [4.69, 9.17) is 4.74 Å². The topological polar surface area (TPSA) is 55.4 Å². The van der Waals surface area contributed by atoms with Crippen molar-refractivity contribution in [3.05, 3.63) is 69.1 Å². The standard InChI is InChI=1S/C26H25F2NO3S/c1-13-9-16-17(26(4,5)8-7-25(16,2)3)12-15(13)20-21(28)14(10-18(27)22(20)32-6)11-19-23(30)29-24(31)33-19/h7-12H,1-6H3,(H,29,30,31)/b19-11-. The molecule has 33 heavy (non-hydrogen) atoms. The highest BCUT2D eigenvalue weighted by atomic mass is 32.2. The van der Waals surface area contributed by atoms with E-state index in [-0.39, 0.29) is 32.6 Å². The molecule has 1 heterocycles. The molecule has 0 bridgehead atoms. The Labute approximate surface area is 196 Å². The van der Waals surface area contributed by atoms with Crippen LogP contribution in [0.3, 0.4) is 0 Å². The van der Waals surface area contributed by atoms with Crippen molar-refractivity contribution in [1.82, 2.24) is 5.32 Å². The van der Waals surface area contributed by atoms with E-state index >= 15 is 8.78 Å². The quantitative estimate of drug-likeness (QED) is 0.418. The van der Waals surface area contributed by atoms with Crippen molar-refractivity contribution in [1.29, 1.82) is 0 Å². The number of halogens is 2. The lowest BCUT2D eigenvalue weighted by Crippen LogP contribution is -2.29. The van der Waals surface area contributed by atoms with E-state index in [1.165, 1.54) is 13.2 Å². The highest BCUT2D eigenvalue weighted by Crippen LogP contribution is 2.46. The molecular weight excluding hydrogens is 444 g/mol. The van der Waals surface area contributed by atoms with Crippen molar-refractivity contribution >= 4 is 29.0 Å². The monoisotopic (exact) mass is 469 g/mol. The van der Waals surface area contributed by atoms with Crippen LogP contribution in [0.15, 0.2) is 35.3 Å². The van der Waals surface area contributed by atoms with Crippen LogP contribution in [0.1, 0.15) is 49.9 Å². The normalized spacial score (nSPS) is 19.6. The van der Waals surface area contributed by atoms with Gasteiger partial charge in [0.1, 0.15) is 5.82 Å².